The van der Waals surface area contributed by atoms with E-state index < -0.39 is 31.2 Å². The molecule has 0 saturated carbocycles. The molecule has 1 aliphatic carbocycles. The lowest BCUT2D eigenvalue weighted by Crippen LogP contribution is -2.40. The van der Waals surface area contributed by atoms with E-state index in [0.717, 1.165) is 22.8 Å². The van der Waals surface area contributed by atoms with Crippen LogP contribution < -0.4 is 5.32 Å². The first kappa shape index (κ1) is 16.5. The smallest absolute Gasteiger partial charge is 0.391 e. The highest BCUT2D eigenvalue weighted by Gasteiger charge is 2.32. The number of amides is 1. The van der Waals surface area contributed by atoms with Gasteiger partial charge >= 0.3 is 6.18 Å². The predicted molar refractivity (Wildman–Crippen MR) is 85.7 cm³/mol. The van der Waals surface area contributed by atoms with Crippen molar-refractivity contribution in [2.75, 3.05) is 6.61 Å². The number of hydrogen-bond donors (Lipinski definition) is 2. The van der Waals surface area contributed by atoms with Crippen molar-refractivity contribution >= 4 is 22.8 Å². The number of rotatable bonds is 4. The molecule has 2 N–H and O–H groups in total. The first-order valence-electron chi connectivity index (χ1n) is 7.58. The molecule has 0 aromatic heterocycles. The summed E-state index contributed by atoms with van der Waals surface area (Å²) in [6.07, 6.45) is -1.22. The molecule has 6 heteroatoms. The quantitative estimate of drug-likeness (QED) is 0.899. The van der Waals surface area contributed by atoms with Crippen LogP contribution in [0.5, 0.6) is 0 Å². The Morgan fingerprint density at radius 2 is 2.04 bits per heavy atom. The minimum atomic E-state index is -4.45. The highest BCUT2D eigenvalue weighted by atomic mass is 19.4. The summed E-state index contributed by atoms with van der Waals surface area (Å²) in [4.78, 5) is 12.4. The van der Waals surface area contributed by atoms with Crippen LogP contribution in [0.3, 0.4) is 0 Å². The number of aliphatic hydroxyl groups is 1. The summed E-state index contributed by atoms with van der Waals surface area (Å²) in [5.41, 5.74) is 2.09. The molecule has 0 radical (unpaired) electrons. The van der Waals surface area contributed by atoms with Crippen LogP contribution in [0.25, 0.3) is 16.8 Å². The Morgan fingerprint density at radius 1 is 1.25 bits per heavy atom. The number of alkyl halides is 3. The Hall–Kier alpha value is -2.34. The molecule has 0 unspecified atom stereocenters. The summed E-state index contributed by atoms with van der Waals surface area (Å²) in [5.74, 6) is -0.614. The van der Waals surface area contributed by atoms with Gasteiger partial charge in [0.2, 0.25) is 0 Å². The zero-order chi connectivity index (χ0) is 17.3. The van der Waals surface area contributed by atoms with Gasteiger partial charge in [0.05, 0.1) is 19.1 Å². The van der Waals surface area contributed by atoms with E-state index in [4.69, 9.17) is 5.11 Å². The largest absolute Gasteiger partial charge is 0.394 e. The molecule has 0 heterocycles. The molecular formula is C18H16F3NO2. The molecule has 1 atom stereocenters. The average Bonchev–Trinajstić information content (AvgIpc) is 2.53. The summed E-state index contributed by atoms with van der Waals surface area (Å²) in [6.45, 7) is -0.769. The van der Waals surface area contributed by atoms with E-state index in [2.05, 4.69) is 5.32 Å². The zero-order valence-electron chi connectivity index (χ0n) is 12.7. The fourth-order valence-corrected chi connectivity index (χ4v) is 3.03. The van der Waals surface area contributed by atoms with Gasteiger partial charge in [-0.25, -0.2) is 0 Å². The maximum atomic E-state index is 12.5. The van der Waals surface area contributed by atoms with Gasteiger partial charge in [0.1, 0.15) is 0 Å². The van der Waals surface area contributed by atoms with E-state index in [1.807, 2.05) is 30.4 Å². The topological polar surface area (TPSA) is 49.3 Å². The molecular weight excluding hydrogens is 319 g/mol. The van der Waals surface area contributed by atoms with Gasteiger partial charge in [0.25, 0.3) is 5.91 Å². The second-order valence-electron chi connectivity index (χ2n) is 5.82. The normalized spacial score (nSPS) is 14.7. The van der Waals surface area contributed by atoms with Crippen LogP contribution in [-0.2, 0) is 6.42 Å². The second kappa shape index (κ2) is 6.28. The van der Waals surface area contributed by atoms with Crippen LogP contribution in [0.1, 0.15) is 27.9 Å². The molecule has 3 nitrogen and oxygen atoms in total. The first-order chi connectivity index (χ1) is 11.4. The van der Waals surface area contributed by atoms with Crippen molar-refractivity contribution in [3.05, 3.63) is 53.1 Å². The number of benzene rings is 2. The lowest BCUT2D eigenvalue weighted by Gasteiger charge is -2.20. The Balaban J connectivity index is 1.94. The summed E-state index contributed by atoms with van der Waals surface area (Å²) >= 11 is 0. The van der Waals surface area contributed by atoms with E-state index >= 15 is 0 Å². The van der Waals surface area contributed by atoms with Gasteiger partial charge in [-0.3, -0.25) is 4.79 Å². The van der Waals surface area contributed by atoms with Gasteiger partial charge in [-0.05, 0) is 34.4 Å². The van der Waals surface area contributed by atoms with Gasteiger partial charge < -0.3 is 10.4 Å². The molecule has 0 bridgehead atoms. The molecule has 2 aromatic rings. The number of carbonyl (C=O) groups excluding carboxylic acids is 1. The van der Waals surface area contributed by atoms with Crippen LogP contribution in [0, 0.1) is 0 Å². The third kappa shape index (κ3) is 3.28. The minimum Gasteiger partial charge on any atom is -0.394 e. The van der Waals surface area contributed by atoms with E-state index in [0.29, 0.717) is 11.1 Å². The number of aliphatic hydroxyl groups excluding tert-OH is 1. The zero-order valence-corrected chi connectivity index (χ0v) is 12.7. The monoisotopic (exact) mass is 335 g/mol. The lowest BCUT2D eigenvalue weighted by molar-refractivity contribution is -0.141. The molecule has 0 saturated heterocycles. The van der Waals surface area contributed by atoms with E-state index in [-0.39, 0.29) is 0 Å². The third-order valence-corrected chi connectivity index (χ3v) is 4.07. The fourth-order valence-electron chi connectivity index (χ4n) is 3.03. The fraction of sp³-hybridized carbons (Fsp3) is 0.278. The molecule has 1 amide bonds. The maximum Gasteiger partial charge on any atom is 0.391 e. The van der Waals surface area contributed by atoms with Crippen molar-refractivity contribution in [1.29, 1.82) is 0 Å². The molecule has 126 valence electrons. The standard InChI is InChI=1S/C18H16F3NO2/c19-18(20,21)9-13(10-23)22-17(24)15-8-7-12-4-1-3-11-5-2-6-14(15)16(11)12/h1-4,6-8,13,23H,5,9-10H2,(H,22,24)/t13-/m0/s1. The number of allylic oxidation sites excluding steroid dienone is 1. The highest BCUT2D eigenvalue weighted by molar-refractivity contribution is 6.06. The highest BCUT2D eigenvalue weighted by Crippen LogP contribution is 2.31. The number of halogens is 3. The molecule has 2 aromatic carbocycles. The summed E-state index contributed by atoms with van der Waals surface area (Å²) in [5, 5.41) is 13.3. The van der Waals surface area contributed by atoms with E-state index in [1.54, 1.807) is 12.1 Å². The average molecular weight is 335 g/mol. The number of carbonyl (C=O) groups is 1. The predicted octanol–water partition coefficient (Wildman–Crippen LogP) is 3.45. The summed E-state index contributed by atoms with van der Waals surface area (Å²) in [7, 11) is 0. The van der Waals surface area contributed by atoms with Crippen LogP contribution in [0.2, 0.25) is 0 Å². The summed E-state index contributed by atoms with van der Waals surface area (Å²) in [6, 6.07) is 7.87. The Morgan fingerprint density at radius 3 is 2.75 bits per heavy atom. The van der Waals surface area contributed by atoms with Crippen molar-refractivity contribution in [1.82, 2.24) is 5.32 Å². The van der Waals surface area contributed by atoms with E-state index in [9.17, 15) is 18.0 Å². The van der Waals surface area contributed by atoms with Crippen molar-refractivity contribution in [2.24, 2.45) is 0 Å². The van der Waals surface area contributed by atoms with E-state index in [1.165, 1.54) is 0 Å². The van der Waals surface area contributed by atoms with Crippen LogP contribution in [-0.4, -0.2) is 29.8 Å². The van der Waals surface area contributed by atoms with Crippen molar-refractivity contribution in [2.45, 2.75) is 25.1 Å². The van der Waals surface area contributed by atoms with Crippen molar-refractivity contribution in [3.8, 4) is 0 Å². The number of hydrogen-bond acceptors (Lipinski definition) is 2. The third-order valence-electron chi connectivity index (χ3n) is 4.07. The SMILES string of the molecule is O=C(N[C@H](CO)CC(F)(F)F)c1ccc2cccc3c2c1C=CC3. The molecule has 0 aliphatic heterocycles. The van der Waals surface area contributed by atoms with Crippen LogP contribution in [0.4, 0.5) is 13.2 Å². The molecule has 1 aliphatic rings. The van der Waals surface area contributed by atoms with Crippen LogP contribution in [0.15, 0.2) is 36.4 Å². The number of nitrogens with one attached hydrogen (secondary N) is 1. The molecule has 0 fully saturated rings. The Bertz CT molecular complexity index is 812. The first-order valence-corrected chi connectivity index (χ1v) is 7.58. The molecule has 3 rings (SSSR count). The molecule has 24 heavy (non-hydrogen) atoms. The minimum absolute atomic E-state index is 0.312. The second-order valence-corrected chi connectivity index (χ2v) is 5.82. The van der Waals surface area contributed by atoms with Gasteiger partial charge in [-0.1, -0.05) is 36.4 Å². The summed E-state index contributed by atoms with van der Waals surface area (Å²) < 4.78 is 37.5. The van der Waals surface area contributed by atoms with Gasteiger partial charge in [-0.2, -0.15) is 13.2 Å². The van der Waals surface area contributed by atoms with Gasteiger partial charge in [0, 0.05) is 5.56 Å². The molecule has 0 spiro atoms. The Labute approximate surface area is 136 Å². The van der Waals surface area contributed by atoms with Gasteiger partial charge in [0.15, 0.2) is 0 Å². The van der Waals surface area contributed by atoms with Gasteiger partial charge in [-0.15, -0.1) is 0 Å². The Kier molecular flexibility index (Phi) is 4.32. The lowest BCUT2D eigenvalue weighted by atomic mass is 9.89. The van der Waals surface area contributed by atoms with Crippen LogP contribution >= 0.6 is 0 Å². The van der Waals surface area contributed by atoms with Crippen molar-refractivity contribution < 1.29 is 23.1 Å². The maximum absolute atomic E-state index is 12.5. The van der Waals surface area contributed by atoms with Crippen molar-refractivity contribution in [3.63, 3.8) is 0 Å².